The summed E-state index contributed by atoms with van der Waals surface area (Å²) in [6, 6.07) is 2.81. The largest absolute Gasteiger partial charge is 0.349 e. The van der Waals surface area contributed by atoms with E-state index in [1.807, 2.05) is 45.3 Å². The Labute approximate surface area is 175 Å². The van der Waals surface area contributed by atoms with Crippen molar-refractivity contribution in [3.8, 4) is 10.4 Å². The number of likely N-dealkylation sites (tertiary alicyclic amines) is 1. The minimum absolute atomic E-state index is 0.152. The van der Waals surface area contributed by atoms with Crippen LogP contribution in [0.4, 0.5) is 0 Å². The maximum atomic E-state index is 12.8. The van der Waals surface area contributed by atoms with Crippen LogP contribution in [0.5, 0.6) is 0 Å². The zero-order chi connectivity index (χ0) is 21.2. The molecule has 1 saturated heterocycles. The number of nitrogens with zero attached hydrogens (tertiary/aromatic N) is 3. The summed E-state index contributed by atoms with van der Waals surface area (Å²) in [4.78, 5) is 36.9. The van der Waals surface area contributed by atoms with E-state index in [0.717, 1.165) is 28.2 Å². The molecule has 0 unspecified atom stereocenters. The average Bonchev–Trinajstić information content (AvgIpc) is 3.33. The first-order valence-corrected chi connectivity index (χ1v) is 10.8. The fraction of sp³-hybridized carbons (Fsp3) is 0.524. The molecule has 3 rings (SSSR count). The summed E-state index contributed by atoms with van der Waals surface area (Å²) in [5, 5.41) is 2.92. The number of carbonyl (C=O) groups is 2. The molecule has 2 aromatic rings. The smallest absolute Gasteiger partial charge is 0.243 e. The molecule has 0 aromatic carbocycles. The minimum atomic E-state index is -0.625. The third-order valence-electron chi connectivity index (χ3n) is 5.31. The fourth-order valence-corrected chi connectivity index (χ4v) is 4.19. The van der Waals surface area contributed by atoms with Gasteiger partial charge < -0.3 is 16.0 Å². The number of hydrogen-bond donors (Lipinski definition) is 2. The fourth-order valence-electron chi connectivity index (χ4n) is 3.39. The van der Waals surface area contributed by atoms with Crippen LogP contribution in [-0.4, -0.2) is 45.3 Å². The lowest BCUT2D eigenvalue weighted by Gasteiger charge is -2.32. The number of nitrogens with one attached hydrogen (secondary N) is 1. The van der Waals surface area contributed by atoms with E-state index in [-0.39, 0.29) is 17.2 Å². The highest BCUT2D eigenvalue weighted by Gasteiger charge is 2.39. The van der Waals surface area contributed by atoms with Gasteiger partial charge in [-0.1, -0.05) is 26.8 Å². The molecule has 2 aromatic heterocycles. The minimum Gasteiger partial charge on any atom is -0.349 e. The number of pyridine rings is 1. The predicted octanol–water partition coefficient (Wildman–Crippen LogP) is 2.49. The Bertz CT molecular complexity index is 872. The molecule has 3 heterocycles. The summed E-state index contributed by atoms with van der Waals surface area (Å²) in [6.45, 7) is 8.67. The molecule has 0 saturated carbocycles. The maximum absolute atomic E-state index is 12.8. The molecular formula is C21H29N5O2S. The Morgan fingerprint density at radius 3 is 2.69 bits per heavy atom. The summed E-state index contributed by atoms with van der Waals surface area (Å²) < 4.78 is 0. The van der Waals surface area contributed by atoms with Crippen LogP contribution in [0, 0.1) is 12.3 Å². The number of rotatable bonds is 5. The Hall–Kier alpha value is -2.32. The lowest BCUT2D eigenvalue weighted by molar-refractivity contribution is -0.141. The van der Waals surface area contributed by atoms with Crippen LogP contribution in [0.15, 0.2) is 23.8 Å². The maximum Gasteiger partial charge on any atom is 0.243 e. The third-order valence-corrected chi connectivity index (χ3v) is 6.29. The summed E-state index contributed by atoms with van der Waals surface area (Å²) >= 11 is 1.58. The number of carbonyl (C=O) groups excluding carboxylic acids is 2. The second-order valence-electron chi connectivity index (χ2n) is 8.56. The van der Waals surface area contributed by atoms with Crippen LogP contribution in [-0.2, 0) is 16.1 Å². The molecule has 8 heteroatoms. The zero-order valence-electron chi connectivity index (χ0n) is 17.4. The van der Waals surface area contributed by atoms with Gasteiger partial charge in [-0.15, -0.1) is 11.3 Å². The van der Waals surface area contributed by atoms with Gasteiger partial charge >= 0.3 is 0 Å². The molecule has 0 spiro atoms. The molecule has 7 nitrogen and oxygen atoms in total. The Kier molecular flexibility index (Phi) is 6.33. The lowest BCUT2D eigenvalue weighted by atomic mass is 9.86. The number of nitrogens with two attached hydrogens (primary N) is 1. The van der Waals surface area contributed by atoms with Crippen LogP contribution in [0.1, 0.15) is 45.0 Å². The van der Waals surface area contributed by atoms with E-state index in [1.54, 1.807) is 22.4 Å². The highest BCUT2D eigenvalue weighted by Crippen LogP contribution is 2.27. The van der Waals surface area contributed by atoms with Crippen molar-refractivity contribution in [2.45, 2.75) is 59.2 Å². The van der Waals surface area contributed by atoms with Gasteiger partial charge in [0.25, 0.3) is 0 Å². The highest BCUT2D eigenvalue weighted by atomic mass is 32.1. The molecule has 29 heavy (non-hydrogen) atoms. The molecule has 0 bridgehead atoms. The number of hydrogen-bond acceptors (Lipinski definition) is 6. The van der Waals surface area contributed by atoms with Crippen LogP contribution < -0.4 is 11.1 Å². The van der Waals surface area contributed by atoms with E-state index < -0.39 is 12.1 Å². The van der Waals surface area contributed by atoms with Gasteiger partial charge in [-0.2, -0.15) is 0 Å². The van der Waals surface area contributed by atoms with Gasteiger partial charge in [0.1, 0.15) is 6.04 Å². The first kappa shape index (κ1) is 21.4. The summed E-state index contributed by atoms with van der Waals surface area (Å²) in [5.41, 5.74) is 10.4. The summed E-state index contributed by atoms with van der Waals surface area (Å²) in [6.07, 6.45) is 3.27. The van der Waals surface area contributed by atoms with Gasteiger partial charge in [0.15, 0.2) is 0 Å². The zero-order valence-corrected chi connectivity index (χ0v) is 18.3. The quantitative estimate of drug-likeness (QED) is 0.781. The van der Waals surface area contributed by atoms with Gasteiger partial charge in [0, 0.05) is 18.3 Å². The standard InChI is InChI=1S/C21H29N5O2S/c1-13-17(29-12-25-13)14-7-8-15(23-10-14)11-24-19(27)16-6-5-9-26(16)20(28)18(22)21(2,3)4/h7-8,10,12,16,18H,5-6,9,11,22H2,1-4H3,(H,24,27)/t16-,18+/m0/s1. The Balaban J connectivity index is 1.60. The van der Waals surface area contributed by atoms with Gasteiger partial charge in [-0.05, 0) is 31.2 Å². The van der Waals surface area contributed by atoms with Crippen molar-refractivity contribution in [2.24, 2.45) is 11.1 Å². The Morgan fingerprint density at radius 1 is 1.34 bits per heavy atom. The van der Waals surface area contributed by atoms with Gasteiger partial charge in [-0.3, -0.25) is 14.6 Å². The molecule has 1 aliphatic rings. The molecule has 3 N–H and O–H groups in total. The van der Waals surface area contributed by atoms with Gasteiger partial charge in [-0.25, -0.2) is 4.98 Å². The predicted molar refractivity (Wildman–Crippen MR) is 114 cm³/mol. The number of thiazole rings is 1. The molecule has 0 radical (unpaired) electrons. The summed E-state index contributed by atoms with van der Waals surface area (Å²) in [7, 11) is 0. The van der Waals surface area contributed by atoms with Crippen LogP contribution in [0.2, 0.25) is 0 Å². The molecule has 1 fully saturated rings. The average molecular weight is 416 g/mol. The van der Waals surface area contributed by atoms with Crippen molar-refractivity contribution < 1.29 is 9.59 Å². The van der Waals surface area contributed by atoms with Crippen molar-refractivity contribution in [3.05, 3.63) is 35.2 Å². The van der Waals surface area contributed by atoms with Crippen molar-refractivity contribution in [2.75, 3.05) is 6.54 Å². The van der Waals surface area contributed by atoms with E-state index in [1.165, 1.54) is 0 Å². The lowest BCUT2D eigenvalue weighted by Crippen LogP contribution is -2.54. The molecule has 0 aliphatic carbocycles. The van der Waals surface area contributed by atoms with Crippen molar-refractivity contribution in [1.29, 1.82) is 0 Å². The molecule has 1 aliphatic heterocycles. The van der Waals surface area contributed by atoms with Crippen molar-refractivity contribution in [1.82, 2.24) is 20.2 Å². The number of amides is 2. The highest BCUT2D eigenvalue weighted by molar-refractivity contribution is 7.13. The van der Waals surface area contributed by atoms with E-state index in [4.69, 9.17) is 5.73 Å². The second kappa shape index (κ2) is 8.59. The van der Waals surface area contributed by atoms with E-state index in [9.17, 15) is 9.59 Å². The first-order chi connectivity index (χ1) is 13.7. The van der Waals surface area contributed by atoms with E-state index >= 15 is 0 Å². The Morgan fingerprint density at radius 2 is 2.10 bits per heavy atom. The normalized spacial score (nSPS) is 18.0. The van der Waals surface area contributed by atoms with Crippen LogP contribution in [0.3, 0.4) is 0 Å². The van der Waals surface area contributed by atoms with Gasteiger partial charge in [0.2, 0.25) is 11.8 Å². The second-order valence-corrected chi connectivity index (χ2v) is 9.41. The van der Waals surface area contributed by atoms with Crippen LogP contribution in [0.25, 0.3) is 10.4 Å². The molecule has 2 atom stereocenters. The third kappa shape index (κ3) is 4.82. The first-order valence-electron chi connectivity index (χ1n) is 9.87. The SMILES string of the molecule is Cc1ncsc1-c1ccc(CNC(=O)[C@@H]2CCCN2C(=O)[C@@H](N)C(C)(C)C)nc1. The molecule has 2 amide bonds. The topological polar surface area (TPSA) is 101 Å². The van der Waals surface area contributed by atoms with E-state index in [2.05, 4.69) is 15.3 Å². The van der Waals surface area contributed by atoms with Crippen molar-refractivity contribution >= 4 is 23.2 Å². The van der Waals surface area contributed by atoms with Crippen molar-refractivity contribution in [3.63, 3.8) is 0 Å². The molecular weight excluding hydrogens is 386 g/mol. The molecule has 156 valence electrons. The van der Waals surface area contributed by atoms with E-state index in [0.29, 0.717) is 19.5 Å². The number of aryl methyl sites for hydroxylation is 1. The van der Waals surface area contributed by atoms with Crippen LogP contribution >= 0.6 is 11.3 Å². The monoisotopic (exact) mass is 415 g/mol. The van der Waals surface area contributed by atoms with Gasteiger partial charge in [0.05, 0.1) is 34.4 Å². The summed E-state index contributed by atoms with van der Waals surface area (Å²) in [5.74, 6) is -0.307. The number of aromatic nitrogens is 2.